The van der Waals surface area contributed by atoms with E-state index in [1.165, 1.54) is 6.21 Å². The summed E-state index contributed by atoms with van der Waals surface area (Å²) in [5.74, 6) is -1.67. The van der Waals surface area contributed by atoms with Gasteiger partial charge in [-0.05, 0) is 55.0 Å². The second-order valence-electron chi connectivity index (χ2n) is 6.41. The lowest BCUT2D eigenvalue weighted by molar-refractivity contribution is -0.136. The maximum Gasteiger partial charge on any atom is 0.343 e. The van der Waals surface area contributed by atoms with Crippen LogP contribution in [-0.2, 0) is 9.59 Å². The molecule has 3 rings (SSSR count). The fraction of sp³-hybridized carbons (Fsp3) is 0.0833. The molecule has 0 saturated heterocycles. The van der Waals surface area contributed by atoms with Gasteiger partial charge in [0.05, 0.1) is 18.4 Å². The van der Waals surface area contributed by atoms with E-state index in [-0.39, 0.29) is 5.75 Å². The van der Waals surface area contributed by atoms with Crippen molar-refractivity contribution in [2.45, 2.75) is 6.92 Å². The molecular formula is C24H21N3O5. The van der Waals surface area contributed by atoms with Gasteiger partial charge in [-0.3, -0.25) is 9.59 Å². The smallest absolute Gasteiger partial charge is 0.343 e. The number of benzene rings is 3. The van der Waals surface area contributed by atoms with E-state index < -0.39 is 17.8 Å². The highest BCUT2D eigenvalue weighted by molar-refractivity contribution is 6.39. The number of amides is 2. The number of carbonyl (C=O) groups excluding carboxylic acids is 3. The van der Waals surface area contributed by atoms with Gasteiger partial charge in [-0.1, -0.05) is 36.4 Å². The van der Waals surface area contributed by atoms with Gasteiger partial charge in [0.15, 0.2) is 11.5 Å². The minimum atomic E-state index is -0.913. The van der Waals surface area contributed by atoms with Crippen LogP contribution in [0.25, 0.3) is 0 Å². The second-order valence-corrected chi connectivity index (χ2v) is 6.41. The molecule has 0 aliphatic heterocycles. The maximum atomic E-state index is 12.3. The predicted molar refractivity (Wildman–Crippen MR) is 120 cm³/mol. The van der Waals surface area contributed by atoms with E-state index in [0.717, 1.165) is 0 Å². The molecule has 0 unspecified atom stereocenters. The number of anilines is 1. The topological polar surface area (TPSA) is 106 Å². The van der Waals surface area contributed by atoms with Crippen LogP contribution in [0.2, 0.25) is 0 Å². The SMILES string of the molecule is CCOc1cc(C=NNC(=O)C(=O)Nc2ccccc2)ccc1OC(=O)c1ccccc1. The molecular weight excluding hydrogens is 410 g/mol. The van der Waals surface area contributed by atoms with Gasteiger partial charge < -0.3 is 14.8 Å². The van der Waals surface area contributed by atoms with Crippen LogP contribution < -0.4 is 20.2 Å². The number of nitrogens with one attached hydrogen (secondary N) is 2. The van der Waals surface area contributed by atoms with Crippen LogP contribution in [-0.4, -0.2) is 30.6 Å². The first-order valence-corrected chi connectivity index (χ1v) is 9.80. The van der Waals surface area contributed by atoms with Gasteiger partial charge >= 0.3 is 17.8 Å². The molecule has 2 N–H and O–H groups in total. The summed E-state index contributed by atoms with van der Waals surface area (Å²) in [5, 5.41) is 6.26. The molecule has 0 aliphatic carbocycles. The Bertz CT molecular complexity index is 1110. The number of esters is 1. The molecule has 0 aromatic heterocycles. The van der Waals surface area contributed by atoms with Gasteiger partial charge in [-0.2, -0.15) is 5.10 Å². The number of hydrogen-bond donors (Lipinski definition) is 2. The number of para-hydroxylation sites is 1. The van der Waals surface area contributed by atoms with Gasteiger partial charge in [0.1, 0.15) is 0 Å². The molecule has 0 atom stereocenters. The largest absolute Gasteiger partial charge is 0.490 e. The third-order valence-electron chi connectivity index (χ3n) is 4.10. The van der Waals surface area contributed by atoms with Crippen LogP contribution in [0.15, 0.2) is 84.0 Å². The van der Waals surface area contributed by atoms with Crippen molar-refractivity contribution in [3.63, 3.8) is 0 Å². The highest BCUT2D eigenvalue weighted by Gasteiger charge is 2.14. The van der Waals surface area contributed by atoms with E-state index in [9.17, 15) is 14.4 Å². The Morgan fingerprint density at radius 1 is 0.875 bits per heavy atom. The van der Waals surface area contributed by atoms with Crippen LogP contribution in [0.3, 0.4) is 0 Å². The number of nitrogens with zero attached hydrogens (tertiary/aromatic N) is 1. The van der Waals surface area contributed by atoms with Gasteiger partial charge in [0, 0.05) is 5.69 Å². The van der Waals surface area contributed by atoms with Gasteiger partial charge in [0.2, 0.25) is 0 Å². The minimum absolute atomic E-state index is 0.254. The van der Waals surface area contributed by atoms with E-state index >= 15 is 0 Å². The third-order valence-corrected chi connectivity index (χ3v) is 4.10. The maximum absolute atomic E-state index is 12.3. The molecule has 0 saturated carbocycles. The van der Waals surface area contributed by atoms with Gasteiger partial charge in [-0.25, -0.2) is 10.2 Å². The van der Waals surface area contributed by atoms with Crippen LogP contribution in [0.4, 0.5) is 5.69 Å². The molecule has 0 heterocycles. The molecule has 0 radical (unpaired) electrons. The number of ether oxygens (including phenoxy) is 2. The Hall–Kier alpha value is -4.46. The van der Waals surface area contributed by atoms with Crippen molar-refractivity contribution in [1.29, 1.82) is 0 Å². The van der Waals surface area contributed by atoms with Crippen LogP contribution in [0.5, 0.6) is 11.5 Å². The Morgan fingerprint density at radius 2 is 1.56 bits per heavy atom. The summed E-state index contributed by atoms with van der Waals surface area (Å²) < 4.78 is 11.0. The summed E-state index contributed by atoms with van der Waals surface area (Å²) in [4.78, 5) is 36.1. The van der Waals surface area contributed by atoms with Crippen LogP contribution in [0.1, 0.15) is 22.8 Å². The molecule has 3 aromatic carbocycles. The summed E-state index contributed by atoms with van der Waals surface area (Å²) >= 11 is 0. The lowest BCUT2D eigenvalue weighted by Crippen LogP contribution is -2.32. The van der Waals surface area contributed by atoms with E-state index in [0.29, 0.717) is 29.2 Å². The Labute approximate surface area is 184 Å². The van der Waals surface area contributed by atoms with E-state index in [4.69, 9.17) is 9.47 Å². The number of hydrogen-bond acceptors (Lipinski definition) is 6. The molecule has 0 spiro atoms. The molecule has 0 fully saturated rings. The Morgan fingerprint density at radius 3 is 2.25 bits per heavy atom. The van der Waals surface area contributed by atoms with Crippen LogP contribution >= 0.6 is 0 Å². The molecule has 0 bridgehead atoms. The second kappa shape index (κ2) is 11.1. The summed E-state index contributed by atoms with van der Waals surface area (Å²) in [6.45, 7) is 2.15. The zero-order chi connectivity index (χ0) is 22.8. The molecule has 162 valence electrons. The Balaban J connectivity index is 1.63. The normalized spacial score (nSPS) is 10.4. The monoisotopic (exact) mass is 431 g/mol. The van der Waals surface area contributed by atoms with E-state index in [1.54, 1.807) is 85.8 Å². The standard InChI is InChI=1S/C24H21N3O5/c1-2-31-21-15-17(13-14-20(21)32-24(30)18-9-5-3-6-10-18)16-25-27-23(29)22(28)26-19-11-7-4-8-12-19/h3-16H,2H2,1H3,(H,26,28)(H,27,29). The average Bonchev–Trinajstić information content (AvgIpc) is 2.82. The number of carbonyl (C=O) groups is 3. The first-order valence-electron chi connectivity index (χ1n) is 9.80. The molecule has 8 nitrogen and oxygen atoms in total. The van der Waals surface area contributed by atoms with E-state index in [1.807, 2.05) is 0 Å². The van der Waals surface area contributed by atoms with Crippen molar-refractivity contribution in [3.8, 4) is 11.5 Å². The predicted octanol–water partition coefficient (Wildman–Crippen LogP) is 3.39. The van der Waals surface area contributed by atoms with Gasteiger partial charge in [-0.15, -0.1) is 0 Å². The Kier molecular flexibility index (Phi) is 7.69. The quantitative estimate of drug-likeness (QED) is 0.196. The molecule has 3 aromatic rings. The molecule has 0 aliphatic rings. The lowest BCUT2D eigenvalue weighted by Gasteiger charge is -2.11. The summed E-state index contributed by atoms with van der Waals surface area (Å²) in [7, 11) is 0. The fourth-order valence-corrected chi connectivity index (χ4v) is 2.62. The van der Waals surface area contributed by atoms with Crippen molar-refractivity contribution in [2.75, 3.05) is 11.9 Å². The highest BCUT2D eigenvalue weighted by Crippen LogP contribution is 2.29. The zero-order valence-corrected chi connectivity index (χ0v) is 17.3. The first-order chi connectivity index (χ1) is 15.6. The fourth-order valence-electron chi connectivity index (χ4n) is 2.62. The number of rotatable bonds is 7. The van der Waals surface area contributed by atoms with Crippen molar-refractivity contribution in [3.05, 3.63) is 90.0 Å². The van der Waals surface area contributed by atoms with Crippen molar-refractivity contribution >= 4 is 29.7 Å². The summed E-state index contributed by atoms with van der Waals surface area (Å²) in [6.07, 6.45) is 1.35. The highest BCUT2D eigenvalue weighted by atomic mass is 16.6. The summed E-state index contributed by atoms with van der Waals surface area (Å²) in [5.41, 5.74) is 3.64. The zero-order valence-electron chi connectivity index (χ0n) is 17.3. The minimum Gasteiger partial charge on any atom is -0.490 e. The number of hydrazone groups is 1. The first kappa shape index (κ1) is 22.2. The van der Waals surface area contributed by atoms with Crippen molar-refractivity contribution in [2.24, 2.45) is 5.10 Å². The molecule has 8 heteroatoms. The van der Waals surface area contributed by atoms with Gasteiger partial charge in [0.25, 0.3) is 0 Å². The van der Waals surface area contributed by atoms with Crippen molar-refractivity contribution < 1.29 is 23.9 Å². The van der Waals surface area contributed by atoms with Crippen LogP contribution in [0, 0.1) is 0 Å². The molecule has 2 amide bonds. The van der Waals surface area contributed by atoms with Crippen molar-refractivity contribution in [1.82, 2.24) is 5.43 Å². The van der Waals surface area contributed by atoms with E-state index in [2.05, 4.69) is 15.8 Å². The summed E-state index contributed by atoms with van der Waals surface area (Å²) in [6, 6.07) is 22.0. The molecule has 32 heavy (non-hydrogen) atoms. The third kappa shape index (κ3) is 6.27. The average molecular weight is 431 g/mol. The lowest BCUT2D eigenvalue weighted by atomic mass is 10.2.